The molecule has 0 radical (unpaired) electrons. The zero-order valence-electron chi connectivity index (χ0n) is 13.9. The van der Waals surface area contributed by atoms with Gasteiger partial charge in [-0.25, -0.2) is 13.6 Å². The third-order valence-corrected chi connectivity index (χ3v) is 6.99. The average molecular weight is 377 g/mol. The number of sulfonamides is 1. The van der Waals surface area contributed by atoms with Crippen molar-refractivity contribution in [3.63, 3.8) is 0 Å². The molecule has 1 saturated heterocycles. The molecule has 2 aromatic rings. The molecule has 0 spiro atoms. The van der Waals surface area contributed by atoms with E-state index in [-0.39, 0.29) is 28.0 Å². The highest BCUT2D eigenvalue weighted by Gasteiger charge is 2.39. The maximum Gasteiger partial charge on any atom is 0.250 e. The molecular weight excluding hydrogens is 358 g/mol. The van der Waals surface area contributed by atoms with Gasteiger partial charge >= 0.3 is 0 Å². The Morgan fingerprint density at radius 1 is 1.12 bits per heavy atom. The summed E-state index contributed by atoms with van der Waals surface area (Å²) in [6.07, 6.45) is 0.852. The second kappa shape index (κ2) is 6.29. The lowest BCUT2D eigenvalue weighted by molar-refractivity contribution is -0.991. The number of piperidine rings is 1. The second-order valence-corrected chi connectivity index (χ2v) is 8.79. The Bertz CT molecular complexity index is 1000. The number of pyridine rings is 1. The number of fused-ring (bicyclic) bond motifs is 4. The van der Waals surface area contributed by atoms with Crippen LogP contribution in [0.5, 0.6) is 0 Å². The summed E-state index contributed by atoms with van der Waals surface area (Å²) in [6, 6.07) is 10.5. The maximum atomic E-state index is 13.0. The van der Waals surface area contributed by atoms with Crippen molar-refractivity contribution in [3.05, 3.63) is 63.7 Å². The molecule has 138 valence electrons. The topological polar surface area (TPSA) is 107 Å². The maximum absolute atomic E-state index is 13.0. The molecule has 1 unspecified atom stereocenters. The van der Waals surface area contributed by atoms with Gasteiger partial charge in [0.1, 0.15) is 0 Å². The van der Waals surface area contributed by atoms with Gasteiger partial charge in [0.2, 0.25) is 10.0 Å². The van der Waals surface area contributed by atoms with Gasteiger partial charge < -0.3 is 9.77 Å². The summed E-state index contributed by atoms with van der Waals surface area (Å²) in [6.45, 7) is 1.13. The second-order valence-electron chi connectivity index (χ2n) is 6.85. The monoisotopic (exact) mass is 377 g/mol. The first-order valence-electron chi connectivity index (χ1n) is 8.39. The molecule has 0 aliphatic carbocycles. The van der Waals surface area contributed by atoms with Crippen molar-refractivity contribution in [1.82, 2.24) is 8.87 Å². The number of benzene rings is 1. The number of aromatic nitrogens is 1. The highest BCUT2D eigenvalue weighted by atomic mass is 32.2. The number of rotatable bonds is 3. The quantitative estimate of drug-likeness (QED) is 0.736. The molecule has 3 atom stereocenters. The summed E-state index contributed by atoms with van der Waals surface area (Å²) in [5, 5.41) is 19.1. The largest absolute Gasteiger partial charge is 0.595 e. The van der Waals surface area contributed by atoms with Crippen molar-refractivity contribution in [2.75, 3.05) is 13.1 Å². The number of quaternary nitrogens is 1. The van der Waals surface area contributed by atoms with Crippen LogP contribution in [0.25, 0.3) is 0 Å². The minimum absolute atomic E-state index is 0.0113. The van der Waals surface area contributed by atoms with E-state index in [2.05, 4.69) is 0 Å². The molecule has 1 aromatic heterocycles. The fraction of sp³-hybridized carbons (Fsp3) is 0.353. The molecule has 8 nitrogen and oxygen atoms in total. The molecule has 3 heterocycles. The molecule has 26 heavy (non-hydrogen) atoms. The van der Waals surface area contributed by atoms with Gasteiger partial charge in [0.15, 0.2) is 5.69 Å². The zero-order chi connectivity index (χ0) is 18.5. The van der Waals surface area contributed by atoms with E-state index < -0.39 is 15.2 Å². The summed E-state index contributed by atoms with van der Waals surface area (Å²) in [7, 11) is -3.79. The van der Waals surface area contributed by atoms with Crippen LogP contribution in [0.4, 0.5) is 5.69 Å². The minimum atomic E-state index is -3.79. The summed E-state index contributed by atoms with van der Waals surface area (Å²) in [5.41, 5.74) is 0.760. The van der Waals surface area contributed by atoms with Gasteiger partial charge in [0, 0.05) is 49.4 Å². The first-order chi connectivity index (χ1) is 12.4. The molecule has 2 aliphatic heterocycles. The highest BCUT2D eigenvalue weighted by Crippen LogP contribution is 2.37. The van der Waals surface area contributed by atoms with Crippen molar-refractivity contribution < 1.29 is 18.9 Å². The molecule has 1 aromatic carbocycles. The predicted molar refractivity (Wildman–Crippen MR) is 92.5 cm³/mol. The number of nitrogens with one attached hydrogen (secondary N) is 1. The SMILES string of the molecule is O=c1cccc2n1C[C@@H]1C[C@H]2CN(S(=O)(=O)c2cccc([NH+]([O-])O)c2)C1. The van der Waals surface area contributed by atoms with E-state index in [0.717, 1.165) is 12.1 Å². The van der Waals surface area contributed by atoms with Crippen LogP contribution in [0.15, 0.2) is 52.2 Å². The van der Waals surface area contributed by atoms with Crippen LogP contribution < -0.4 is 10.8 Å². The van der Waals surface area contributed by atoms with Crippen molar-refractivity contribution in [3.8, 4) is 0 Å². The Balaban J connectivity index is 1.68. The zero-order valence-corrected chi connectivity index (χ0v) is 14.7. The fourth-order valence-electron chi connectivity index (χ4n) is 3.99. The van der Waals surface area contributed by atoms with E-state index in [1.54, 1.807) is 10.6 Å². The molecule has 1 fully saturated rings. The smallest absolute Gasteiger partial charge is 0.250 e. The van der Waals surface area contributed by atoms with Crippen LogP contribution in [0.1, 0.15) is 18.0 Å². The van der Waals surface area contributed by atoms with Crippen LogP contribution in [0.3, 0.4) is 0 Å². The third kappa shape index (κ3) is 2.87. The lowest BCUT2D eigenvalue weighted by Crippen LogP contribution is -2.99. The Labute approximate surface area is 150 Å². The van der Waals surface area contributed by atoms with Crippen LogP contribution in [-0.2, 0) is 16.6 Å². The Morgan fingerprint density at radius 2 is 1.88 bits per heavy atom. The number of hydrogen-bond donors (Lipinski definition) is 2. The molecule has 0 amide bonds. The number of hydrogen-bond acceptors (Lipinski definition) is 5. The van der Waals surface area contributed by atoms with Gasteiger partial charge in [-0.3, -0.25) is 4.79 Å². The summed E-state index contributed by atoms with van der Waals surface area (Å²) < 4.78 is 29.2. The fourth-order valence-corrected chi connectivity index (χ4v) is 5.60. The molecule has 2 N–H and O–H groups in total. The van der Waals surface area contributed by atoms with Gasteiger partial charge in [-0.2, -0.15) is 9.53 Å². The predicted octanol–water partition coefficient (Wildman–Crippen LogP) is 0.0597. The lowest BCUT2D eigenvalue weighted by Gasteiger charge is -2.42. The van der Waals surface area contributed by atoms with E-state index in [9.17, 15) is 18.4 Å². The van der Waals surface area contributed by atoms with Gasteiger partial charge in [0.25, 0.3) is 5.56 Å². The third-order valence-electron chi connectivity index (χ3n) is 5.17. The highest BCUT2D eigenvalue weighted by molar-refractivity contribution is 7.89. The van der Waals surface area contributed by atoms with Crippen LogP contribution in [0.2, 0.25) is 0 Å². The Morgan fingerprint density at radius 3 is 2.65 bits per heavy atom. The van der Waals surface area contributed by atoms with Crippen molar-refractivity contribution in [2.45, 2.75) is 23.8 Å². The molecule has 2 aliphatic rings. The molecule has 2 bridgehead atoms. The molecule has 0 saturated carbocycles. The minimum Gasteiger partial charge on any atom is -0.595 e. The van der Waals surface area contributed by atoms with E-state index in [1.807, 2.05) is 6.07 Å². The van der Waals surface area contributed by atoms with Gasteiger partial charge in [0.05, 0.1) is 4.90 Å². The summed E-state index contributed by atoms with van der Waals surface area (Å²) >= 11 is 0. The number of nitrogens with zero attached hydrogens (tertiary/aromatic N) is 2. The van der Waals surface area contributed by atoms with Gasteiger partial charge in [-0.05, 0) is 24.5 Å². The van der Waals surface area contributed by atoms with Crippen molar-refractivity contribution >= 4 is 15.7 Å². The Hall–Kier alpha value is -2.04. The first kappa shape index (κ1) is 17.4. The summed E-state index contributed by atoms with van der Waals surface area (Å²) in [5.74, 6) is 0.0348. The normalized spacial score (nSPS) is 24.1. The summed E-state index contributed by atoms with van der Waals surface area (Å²) in [4.78, 5) is 12.1. The molecule has 9 heteroatoms. The van der Waals surface area contributed by atoms with Crippen molar-refractivity contribution in [2.24, 2.45) is 5.92 Å². The van der Waals surface area contributed by atoms with E-state index >= 15 is 0 Å². The van der Waals surface area contributed by atoms with Crippen LogP contribution in [0, 0.1) is 11.1 Å². The molecule has 4 rings (SSSR count). The standard InChI is InChI=1S/C17H19N3O5S/c21-17-6-2-5-16-13-7-12(10-19(16)17)9-18(11-13)26(24,25)15-4-1-3-14(8-15)20(22)23/h1-6,8,12-13,20,22H,7,9-11H2/t12-,13+/m1/s1. The van der Waals surface area contributed by atoms with Crippen LogP contribution in [-0.4, -0.2) is 35.6 Å². The Kier molecular flexibility index (Phi) is 4.20. The molecular formula is C17H19N3O5S. The van der Waals surface area contributed by atoms with Crippen molar-refractivity contribution in [1.29, 1.82) is 0 Å². The van der Waals surface area contributed by atoms with Gasteiger partial charge in [-0.1, -0.05) is 12.1 Å². The van der Waals surface area contributed by atoms with E-state index in [0.29, 0.717) is 19.6 Å². The average Bonchev–Trinajstić information content (AvgIpc) is 2.62. The lowest BCUT2D eigenvalue weighted by atomic mass is 9.84. The van der Waals surface area contributed by atoms with Gasteiger partial charge in [-0.15, -0.1) is 0 Å². The van der Waals surface area contributed by atoms with E-state index in [4.69, 9.17) is 5.21 Å². The first-order valence-corrected chi connectivity index (χ1v) is 9.83. The van der Waals surface area contributed by atoms with Crippen LogP contribution >= 0.6 is 0 Å². The van der Waals surface area contributed by atoms with E-state index in [1.165, 1.54) is 34.6 Å².